The Kier molecular flexibility index (Phi) is 5.08. The molecule has 4 nitrogen and oxygen atoms in total. The summed E-state index contributed by atoms with van der Waals surface area (Å²) in [6.45, 7) is 1.87. The minimum atomic E-state index is -1.05. The van der Waals surface area contributed by atoms with E-state index in [9.17, 15) is 9.90 Å². The highest BCUT2D eigenvalue weighted by atomic mass is 79.9. The maximum Gasteiger partial charge on any atom is 0.339 e. The van der Waals surface area contributed by atoms with Crippen molar-refractivity contribution >= 4 is 50.9 Å². The summed E-state index contributed by atoms with van der Waals surface area (Å²) in [7, 11) is 0. The first kappa shape index (κ1) is 16.1. The van der Waals surface area contributed by atoms with Crippen LogP contribution >= 0.6 is 39.1 Å². The molecule has 110 valence electrons. The van der Waals surface area contributed by atoms with Crippen molar-refractivity contribution in [3.8, 4) is 0 Å². The molecule has 0 fully saturated rings. The minimum Gasteiger partial charge on any atom is -0.478 e. The fourth-order valence-electron chi connectivity index (χ4n) is 1.85. The number of aromatic carboxylic acids is 1. The third kappa shape index (κ3) is 3.87. The number of carbonyl (C=O) groups is 1. The van der Waals surface area contributed by atoms with Crippen LogP contribution in [0.15, 0.2) is 34.9 Å². The van der Waals surface area contributed by atoms with E-state index in [1.165, 1.54) is 12.3 Å². The van der Waals surface area contributed by atoms with Gasteiger partial charge in [0.05, 0.1) is 6.04 Å². The van der Waals surface area contributed by atoms with Crippen LogP contribution in [0.25, 0.3) is 0 Å². The number of hydrogen-bond acceptors (Lipinski definition) is 3. The molecule has 0 amide bonds. The SMILES string of the molecule is CC(Nc1ncc(Br)cc1C(=O)O)c1ccc(Cl)cc1Cl. The predicted molar refractivity (Wildman–Crippen MR) is 87.4 cm³/mol. The molecule has 7 heteroatoms. The van der Waals surface area contributed by atoms with Gasteiger partial charge in [-0.15, -0.1) is 0 Å². The summed E-state index contributed by atoms with van der Waals surface area (Å²) >= 11 is 15.2. The average Bonchev–Trinajstić information content (AvgIpc) is 2.40. The lowest BCUT2D eigenvalue weighted by Gasteiger charge is -2.18. The lowest BCUT2D eigenvalue weighted by Crippen LogP contribution is -2.12. The molecule has 21 heavy (non-hydrogen) atoms. The molecule has 0 aliphatic heterocycles. The Labute approximate surface area is 140 Å². The van der Waals surface area contributed by atoms with Gasteiger partial charge in [-0.05, 0) is 46.6 Å². The third-order valence-electron chi connectivity index (χ3n) is 2.87. The van der Waals surface area contributed by atoms with Crippen LogP contribution in [0.1, 0.15) is 28.9 Å². The maximum absolute atomic E-state index is 11.3. The molecule has 0 spiro atoms. The highest BCUT2D eigenvalue weighted by molar-refractivity contribution is 9.10. The zero-order valence-electron chi connectivity index (χ0n) is 10.9. The standard InChI is InChI=1S/C14H11BrCl2N2O2/c1-7(10-3-2-9(16)5-12(10)17)19-13-11(14(20)21)4-8(15)6-18-13/h2-7H,1H3,(H,18,19)(H,20,21). The van der Waals surface area contributed by atoms with Gasteiger partial charge in [-0.25, -0.2) is 9.78 Å². The molecule has 1 heterocycles. The van der Waals surface area contributed by atoms with Crippen LogP contribution in [-0.4, -0.2) is 16.1 Å². The Bertz CT molecular complexity index is 695. The van der Waals surface area contributed by atoms with Crippen molar-refractivity contribution in [1.29, 1.82) is 0 Å². The Morgan fingerprint density at radius 1 is 1.38 bits per heavy atom. The van der Waals surface area contributed by atoms with Gasteiger partial charge in [-0.3, -0.25) is 0 Å². The number of hydrogen-bond donors (Lipinski definition) is 2. The van der Waals surface area contributed by atoms with Gasteiger partial charge in [0.1, 0.15) is 11.4 Å². The van der Waals surface area contributed by atoms with Crippen molar-refractivity contribution in [2.45, 2.75) is 13.0 Å². The molecule has 2 N–H and O–H groups in total. The molecule has 1 aromatic carbocycles. The Balaban J connectivity index is 2.31. The van der Waals surface area contributed by atoms with Gasteiger partial charge in [0.2, 0.25) is 0 Å². The Morgan fingerprint density at radius 2 is 2.10 bits per heavy atom. The van der Waals surface area contributed by atoms with Crippen LogP contribution in [0.4, 0.5) is 5.82 Å². The second-order valence-corrected chi connectivity index (χ2v) is 6.15. The summed E-state index contributed by atoms with van der Waals surface area (Å²) in [5, 5.41) is 13.3. The smallest absolute Gasteiger partial charge is 0.339 e. The number of anilines is 1. The predicted octanol–water partition coefficient (Wildman–Crippen LogP) is 5.02. The van der Waals surface area contributed by atoms with E-state index in [-0.39, 0.29) is 17.4 Å². The zero-order chi connectivity index (χ0) is 15.6. The van der Waals surface area contributed by atoms with Crippen LogP contribution < -0.4 is 5.32 Å². The molecule has 0 aliphatic carbocycles. The minimum absolute atomic E-state index is 0.0845. The number of nitrogens with zero attached hydrogens (tertiary/aromatic N) is 1. The van der Waals surface area contributed by atoms with E-state index in [1.54, 1.807) is 18.2 Å². The van der Waals surface area contributed by atoms with Gasteiger partial charge >= 0.3 is 5.97 Å². The molecular weight excluding hydrogens is 379 g/mol. The van der Waals surface area contributed by atoms with E-state index >= 15 is 0 Å². The van der Waals surface area contributed by atoms with E-state index in [0.717, 1.165) is 5.56 Å². The summed E-state index contributed by atoms with van der Waals surface area (Å²) in [5.41, 5.74) is 0.892. The molecule has 1 aromatic heterocycles. The number of aromatic nitrogens is 1. The van der Waals surface area contributed by atoms with E-state index in [0.29, 0.717) is 14.5 Å². The van der Waals surface area contributed by atoms with Crippen LogP contribution in [0.5, 0.6) is 0 Å². The van der Waals surface area contributed by atoms with E-state index in [4.69, 9.17) is 23.2 Å². The van der Waals surface area contributed by atoms with Gasteiger partial charge in [-0.1, -0.05) is 29.3 Å². The summed E-state index contributed by atoms with van der Waals surface area (Å²) in [6, 6.07) is 6.44. The van der Waals surface area contributed by atoms with Crippen molar-refractivity contribution in [2.75, 3.05) is 5.32 Å². The quantitative estimate of drug-likeness (QED) is 0.770. The number of nitrogens with one attached hydrogen (secondary N) is 1. The molecule has 1 atom stereocenters. The van der Waals surface area contributed by atoms with Crippen LogP contribution in [0.3, 0.4) is 0 Å². The second kappa shape index (κ2) is 6.64. The first-order chi connectivity index (χ1) is 9.88. The maximum atomic E-state index is 11.3. The van der Waals surface area contributed by atoms with Gasteiger partial charge in [0.25, 0.3) is 0 Å². The van der Waals surface area contributed by atoms with Gasteiger partial charge in [-0.2, -0.15) is 0 Å². The van der Waals surface area contributed by atoms with E-state index < -0.39 is 5.97 Å². The molecule has 2 rings (SSSR count). The fraction of sp³-hybridized carbons (Fsp3) is 0.143. The summed E-state index contributed by atoms with van der Waals surface area (Å²) in [6.07, 6.45) is 1.53. The average molecular weight is 390 g/mol. The fourth-order valence-corrected chi connectivity index (χ4v) is 2.76. The first-order valence-electron chi connectivity index (χ1n) is 5.99. The van der Waals surface area contributed by atoms with Gasteiger partial charge in [0, 0.05) is 20.7 Å². The van der Waals surface area contributed by atoms with Crippen molar-refractivity contribution < 1.29 is 9.90 Å². The van der Waals surface area contributed by atoms with Crippen LogP contribution in [-0.2, 0) is 0 Å². The van der Waals surface area contributed by atoms with E-state index in [1.807, 2.05) is 6.92 Å². The van der Waals surface area contributed by atoms with Crippen LogP contribution in [0, 0.1) is 0 Å². The number of benzene rings is 1. The highest BCUT2D eigenvalue weighted by Crippen LogP contribution is 2.29. The van der Waals surface area contributed by atoms with Crippen molar-refractivity contribution in [2.24, 2.45) is 0 Å². The topological polar surface area (TPSA) is 62.2 Å². The molecule has 0 aliphatic rings. The summed E-state index contributed by atoms with van der Waals surface area (Å²) in [4.78, 5) is 15.4. The second-order valence-electron chi connectivity index (χ2n) is 4.39. The van der Waals surface area contributed by atoms with Gasteiger partial charge in [0.15, 0.2) is 0 Å². The van der Waals surface area contributed by atoms with Crippen molar-refractivity contribution in [3.05, 3.63) is 56.1 Å². The molecule has 1 unspecified atom stereocenters. The Morgan fingerprint density at radius 3 is 2.71 bits per heavy atom. The normalized spacial score (nSPS) is 12.0. The number of carboxylic acid groups (broad SMARTS) is 1. The lowest BCUT2D eigenvalue weighted by atomic mass is 10.1. The first-order valence-corrected chi connectivity index (χ1v) is 7.53. The summed E-state index contributed by atoms with van der Waals surface area (Å²) in [5.74, 6) is -0.773. The van der Waals surface area contributed by atoms with Crippen molar-refractivity contribution in [3.63, 3.8) is 0 Å². The monoisotopic (exact) mass is 388 g/mol. The van der Waals surface area contributed by atoms with Gasteiger partial charge < -0.3 is 10.4 Å². The Hall–Kier alpha value is -1.30. The number of halogens is 3. The molecular formula is C14H11BrCl2N2O2. The largest absolute Gasteiger partial charge is 0.478 e. The summed E-state index contributed by atoms with van der Waals surface area (Å²) < 4.78 is 0.600. The zero-order valence-corrected chi connectivity index (χ0v) is 14.0. The van der Waals surface area contributed by atoms with E-state index in [2.05, 4.69) is 26.2 Å². The number of carboxylic acids is 1. The molecule has 0 bridgehead atoms. The third-order valence-corrected chi connectivity index (χ3v) is 3.86. The number of pyridine rings is 1. The van der Waals surface area contributed by atoms with Crippen molar-refractivity contribution in [1.82, 2.24) is 4.98 Å². The number of rotatable bonds is 4. The molecule has 0 saturated carbocycles. The van der Waals surface area contributed by atoms with Crippen LogP contribution in [0.2, 0.25) is 10.0 Å². The highest BCUT2D eigenvalue weighted by Gasteiger charge is 2.16. The molecule has 0 radical (unpaired) electrons. The lowest BCUT2D eigenvalue weighted by molar-refractivity contribution is 0.0697. The molecule has 2 aromatic rings. The molecule has 0 saturated heterocycles.